The number of anilines is 2. The number of halogens is 2. The molecule has 5 nitrogen and oxygen atoms in total. The maximum atomic E-state index is 11.9. The van der Waals surface area contributed by atoms with Gasteiger partial charge in [0.05, 0.1) is 22.3 Å². The Balaban J connectivity index is 1.98. The zero-order valence-corrected chi connectivity index (χ0v) is 11.8. The molecule has 19 heavy (non-hydrogen) atoms. The summed E-state index contributed by atoms with van der Waals surface area (Å²) in [6.45, 7) is 1.55. The summed E-state index contributed by atoms with van der Waals surface area (Å²) in [5.74, 6) is -0.226. The molecule has 0 aromatic heterocycles. The molecule has 0 aliphatic carbocycles. The van der Waals surface area contributed by atoms with Gasteiger partial charge >= 0.3 is 0 Å². The molecule has 1 amide bonds. The first-order chi connectivity index (χ1) is 9.06. The number of nitrogen functional groups attached to an aromatic ring is 1. The highest BCUT2D eigenvalue weighted by Crippen LogP contribution is 2.32. The second-order valence-corrected chi connectivity index (χ2v) is 5.13. The highest BCUT2D eigenvalue weighted by Gasteiger charge is 2.17. The predicted molar refractivity (Wildman–Crippen MR) is 76.3 cm³/mol. The van der Waals surface area contributed by atoms with Gasteiger partial charge in [-0.25, -0.2) is 0 Å². The molecular weight excluding hydrogens is 289 g/mol. The van der Waals surface area contributed by atoms with Crippen molar-refractivity contribution in [3.05, 3.63) is 22.2 Å². The minimum Gasteiger partial charge on any atom is -0.399 e. The van der Waals surface area contributed by atoms with Crippen LogP contribution in [-0.2, 0) is 9.63 Å². The Morgan fingerprint density at radius 3 is 2.63 bits per heavy atom. The third kappa shape index (κ3) is 3.98. The molecule has 0 saturated carbocycles. The van der Waals surface area contributed by atoms with Crippen LogP contribution in [-0.4, -0.2) is 30.7 Å². The maximum Gasteiger partial charge on any atom is 0.241 e. The molecule has 3 N–H and O–H groups in total. The lowest BCUT2D eigenvalue weighted by atomic mass is 10.2. The summed E-state index contributed by atoms with van der Waals surface area (Å²) in [5, 5.41) is 4.94. The van der Waals surface area contributed by atoms with E-state index in [0.717, 1.165) is 19.4 Å². The summed E-state index contributed by atoms with van der Waals surface area (Å²) in [7, 11) is 0. The largest absolute Gasteiger partial charge is 0.399 e. The Kier molecular flexibility index (Phi) is 4.87. The summed E-state index contributed by atoms with van der Waals surface area (Å²) in [4.78, 5) is 17.2. The molecule has 1 aromatic rings. The lowest BCUT2D eigenvalue weighted by Gasteiger charge is -2.25. The third-order valence-corrected chi connectivity index (χ3v) is 3.32. The quantitative estimate of drug-likeness (QED) is 0.842. The van der Waals surface area contributed by atoms with E-state index in [9.17, 15) is 4.79 Å². The van der Waals surface area contributed by atoms with Crippen LogP contribution in [0.3, 0.4) is 0 Å². The number of carbonyl (C=O) groups is 1. The number of benzene rings is 1. The summed E-state index contributed by atoms with van der Waals surface area (Å²) in [6.07, 6.45) is 2.05. The lowest BCUT2D eigenvalue weighted by Crippen LogP contribution is -2.37. The van der Waals surface area contributed by atoms with E-state index in [-0.39, 0.29) is 12.5 Å². The molecule has 1 saturated heterocycles. The van der Waals surface area contributed by atoms with Crippen molar-refractivity contribution in [1.82, 2.24) is 5.06 Å². The fraction of sp³-hybridized carbons (Fsp3) is 0.417. The van der Waals surface area contributed by atoms with E-state index in [2.05, 4.69) is 5.32 Å². The fourth-order valence-corrected chi connectivity index (χ4v) is 2.42. The van der Waals surface area contributed by atoms with Crippen molar-refractivity contribution in [2.45, 2.75) is 12.8 Å². The van der Waals surface area contributed by atoms with E-state index in [1.165, 1.54) is 0 Å². The number of hydrogen-bond acceptors (Lipinski definition) is 4. The number of rotatable bonds is 3. The van der Waals surface area contributed by atoms with E-state index in [4.69, 9.17) is 33.8 Å². The number of nitrogens with two attached hydrogens (primary N) is 1. The van der Waals surface area contributed by atoms with Crippen molar-refractivity contribution < 1.29 is 9.63 Å². The van der Waals surface area contributed by atoms with Gasteiger partial charge in [-0.05, 0) is 25.0 Å². The van der Waals surface area contributed by atoms with Crippen molar-refractivity contribution in [3.8, 4) is 0 Å². The number of nitrogens with zero attached hydrogens (tertiary/aromatic N) is 1. The second kappa shape index (κ2) is 6.43. The van der Waals surface area contributed by atoms with Gasteiger partial charge in [0.15, 0.2) is 0 Å². The molecule has 1 aliphatic heterocycles. The summed E-state index contributed by atoms with van der Waals surface area (Å²) in [6, 6.07) is 3.08. The van der Waals surface area contributed by atoms with Gasteiger partial charge in [0.1, 0.15) is 6.54 Å². The number of carbonyl (C=O) groups excluding carboxylic acids is 1. The van der Waals surface area contributed by atoms with E-state index in [1.54, 1.807) is 17.2 Å². The zero-order chi connectivity index (χ0) is 13.8. The van der Waals surface area contributed by atoms with Gasteiger partial charge in [-0.3, -0.25) is 9.63 Å². The summed E-state index contributed by atoms with van der Waals surface area (Å²) >= 11 is 12.0. The molecule has 0 bridgehead atoms. The summed E-state index contributed by atoms with van der Waals surface area (Å²) in [5.41, 5.74) is 6.42. The first-order valence-electron chi connectivity index (χ1n) is 5.98. The SMILES string of the molecule is Nc1cc(Cl)c(NC(=O)CN2CCCCO2)c(Cl)c1. The number of nitrogens with one attached hydrogen (secondary N) is 1. The van der Waals surface area contributed by atoms with Crippen LogP contribution in [0.15, 0.2) is 12.1 Å². The fourth-order valence-electron chi connectivity index (χ4n) is 1.82. The van der Waals surface area contributed by atoms with E-state index in [0.29, 0.717) is 28.0 Å². The van der Waals surface area contributed by atoms with E-state index in [1.807, 2.05) is 0 Å². The van der Waals surface area contributed by atoms with Gasteiger partial charge in [0, 0.05) is 12.2 Å². The minimum atomic E-state index is -0.226. The highest BCUT2D eigenvalue weighted by molar-refractivity contribution is 6.40. The third-order valence-electron chi connectivity index (χ3n) is 2.72. The Morgan fingerprint density at radius 1 is 1.37 bits per heavy atom. The molecule has 104 valence electrons. The van der Waals surface area contributed by atoms with E-state index >= 15 is 0 Å². The Hall–Kier alpha value is -1.01. The average molecular weight is 304 g/mol. The van der Waals surface area contributed by atoms with Crippen molar-refractivity contribution >= 4 is 40.5 Å². The number of hydrogen-bond donors (Lipinski definition) is 2. The monoisotopic (exact) mass is 303 g/mol. The van der Waals surface area contributed by atoms with Crippen LogP contribution in [0.25, 0.3) is 0 Å². The highest BCUT2D eigenvalue weighted by atomic mass is 35.5. The molecule has 0 radical (unpaired) electrons. The topological polar surface area (TPSA) is 67.6 Å². The van der Waals surface area contributed by atoms with Crippen LogP contribution in [0.5, 0.6) is 0 Å². The number of amides is 1. The maximum absolute atomic E-state index is 11.9. The minimum absolute atomic E-state index is 0.150. The second-order valence-electron chi connectivity index (χ2n) is 4.31. The number of hydroxylamine groups is 2. The summed E-state index contributed by atoms with van der Waals surface area (Å²) < 4.78 is 0. The van der Waals surface area contributed by atoms with Crippen molar-refractivity contribution in [3.63, 3.8) is 0 Å². The van der Waals surface area contributed by atoms with Gasteiger partial charge in [0.2, 0.25) is 5.91 Å². The standard InChI is InChI=1S/C12H15Cl2N3O2/c13-9-5-8(15)6-10(14)12(9)16-11(18)7-17-3-1-2-4-19-17/h5-6H,1-4,7,15H2,(H,16,18). The molecular formula is C12H15Cl2N3O2. The molecule has 0 spiro atoms. The van der Waals surface area contributed by atoms with Crippen LogP contribution in [0.1, 0.15) is 12.8 Å². The molecule has 0 atom stereocenters. The molecule has 2 rings (SSSR count). The van der Waals surface area contributed by atoms with Crippen molar-refractivity contribution in [2.24, 2.45) is 0 Å². The van der Waals surface area contributed by atoms with Crippen molar-refractivity contribution in [1.29, 1.82) is 0 Å². The molecule has 1 fully saturated rings. The molecule has 1 heterocycles. The molecule has 1 aliphatic rings. The smallest absolute Gasteiger partial charge is 0.241 e. The van der Waals surface area contributed by atoms with E-state index < -0.39 is 0 Å². The average Bonchev–Trinajstić information content (AvgIpc) is 2.35. The van der Waals surface area contributed by atoms with Crippen LogP contribution in [0.2, 0.25) is 10.0 Å². The van der Waals surface area contributed by atoms with Crippen LogP contribution in [0.4, 0.5) is 11.4 Å². The lowest BCUT2D eigenvalue weighted by molar-refractivity contribution is -0.182. The normalized spacial score (nSPS) is 16.3. The molecule has 7 heteroatoms. The van der Waals surface area contributed by atoms with Crippen LogP contribution < -0.4 is 11.1 Å². The first kappa shape index (κ1) is 14.4. The first-order valence-corrected chi connectivity index (χ1v) is 6.74. The van der Waals surface area contributed by atoms with Crippen LogP contribution >= 0.6 is 23.2 Å². The van der Waals surface area contributed by atoms with Gasteiger partial charge in [-0.1, -0.05) is 23.2 Å². The van der Waals surface area contributed by atoms with Crippen molar-refractivity contribution in [2.75, 3.05) is 30.7 Å². The Morgan fingerprint density at radius 2 is 2.05 bits per heavy atom. The van der Waals surface area contributed by atoms with Gasteiger partial charge in [-0.15, -0.1) is 0 Å². The Labute approximate surface area is 121 Å². The molecule has 1 aromatic carbocycles. The predicted octanol–water partition coefficient (Wildman–Crippen LogP) is 2.54. The van der Waals surface area contributed by atoms with Crippen LogP contribution in [0, 0.1) is 0 Å². The zero-order valence-electron chi connectivity index (χ0n) is 10.3. The van der Waals surface area contributed by atoms with Gasteiger partial charge in [0.25, 0.3) is 0 Å². The van der Waals surface area contributed by atoms with Gasteiger partial charge in [-0.2, -0.15) is 5.06 Å². The Bertz CT molecular complexity index is 453. The van der Waals surface area contributed by atoms with Gasteiger partial charge < -0.3 is 11.1 Å². The molecule has 0 unspecified atom stereocenters.